The molecule has 2 unspecified atom stereocenters. The lowest BCUT2D eigenvalue weighted by Crippen LogP contribution is -2.28. The van der Waals surface area contributed by atoms with E-state index in [2.05, 4.69) is 12.2 Å². The summed E-state index contributed by atoms with van der Waals surface area (Å²) in [4.78, 5) is 0. The highest BCUT2D eigenvalue weighted by Gasteiger charge is 2.26. The third-order valence-corrected chi connectivity index (χ3v) is 2.68. The SMILES string of the molecule is CCCC(C)(O)CC1CCNC1. The maximum atomic E-state index is 9.95. The molecule has 2 nitrogen and oxygen atoms in total. The quantitative estimate of drug-likeness (QED) is 0.672. The van der Waals surface area contributed by atoms with Gasteiger partial charge in [0.15, 0.2) is 0 Å². The fourth-order valence-electron chi connectivity index (χ4n) is 2.15. The summed E-state index contributed by atoms with van der Waals surface area (Å²) in [5, 5.41) is 13.3. The molecule has 0 radical (unpaired) electrons. The van der Waals surface area contributed by atoms with Gasteiger partial charge in [-0.1, -0.05) is 13.3 Å². The maximum absolute atomic E-state index is 9.95. The minimum Gasteiger partial charge on any atom is -0.390 e. The molecule has 2 atom stereocenters. The zero-order valence-corrected chi connectivity index (χ0v) is 8.27. The molecule has 0 aliphatic carbocycles. The lowest BCUT2D eigenvalue weighted by atomic mass is 9.88. The van der Waals surface area contributed by atoms with Crippen LogP contribution in [0.15, 0.2) is 0 Å². The molecule has 0 aromatic rings. The van der Waals surface area contributed by atoms with E-state index >= 15 is 0 Å². The van der Waals surface area contributed by atoms with Gasteiger partial charge in [0.05, 0.1) is 5.60 Å². The molecule has 1 fully saturated rings. The van der Waals surface area contributed by atoms with Gasteiger partial charge in [0.1, 0.15) is 0 Å². The maximum Gasteiger partial charge on any atom is 0.0622 e. The summed E-state index contributed by atoms with van der Waals surface area (Å²) in [6.45, 7) is 6.32. The Balaban J connectivity index is 2.27. The highest BCUT2D eigenvalue weighted by atomic mass is 16.3. The second kappa shape index (κ2) is 4.24. The van der Waals surface area contributed by atoms with E-state index < -0.39 is 5.60 Å². The largest absolute Gasteiger partial charge is 0.390 e. The van der Waals surface area contributed by atoms with Crippen molar-refractivity contribution in [2.24, 2.45) is 5.92 Å². The first-order valence-corrected chi connectivity index (χ1v) is 5.07. The summed E-state index contributed by atoms with van der Waals surface area (Å²) >= 11 is 0. The van der Waals surface area contributed by atoms with Crippen molar-refractivity contribution < 1.29 is 5.11 Å². The standard InChI is InChI=1S/C10H21NO/c1-3-5-10(2,12)7-9-4-6-11-8-9/h9,11-12H,3-8H2,1-2H3. The molecule has 2 heteroatoms. The van der Waals surface area contributed by atoms with Crippen molar-refractivity contribution in [3.05, 3.63) is 0 Å². The van der Waals surface area contributed by atoms with E-state index in [9.17, 15) is 5.11 Å². The van der Waals surface area contributed by atoms with E-state index in [4.69, 9.17) is 0 Å². The van der Waals surface area contributed by atoms with E-state index in [1.54, 1.807) is 0 Å². The van der Waals surface area contributed by atoms with Gasteiger partial charge >= 0.3 is 0 Å². The molecular formula is C10H21NO. The minimum atomic E-state index is -0.425. The van der Waals surface area contributed by atoms with Crippen molar-refractivity contribution in [1.29, 1.82) is 0 Å². The van der Waals surface area contributed by atoms with Crippen LogP contribution in [0.25, 0.3) is 0 Å². The molecule has 2 N–H and O–H groups in total. The molecule has 1 rings (SSSR count). The van der Waals surface area contributed by atoms with Crippen LogP contribution in [0, 0.1) is 5.92 Å². The van der Waals surface area contributed by atoms with Crippen LogP contribution in [0.4, 0.5) is 0 Å². The summed E-state index contributed by atoms with van der Waals surface area (Å²) < 4.78 is 0. The Morgan fingerprint density at radius 1 is 1.58 bits per heavy atom. The molecule has 72 valence electrons. The second-order valence-corrected chi connectivity index (χ2v) is 4.31. The van der Waals surface area contributed by atoms with Gasteiger partial charge in [0.25, 0.3) is 0 Å². The van der Waals surface area contributed by atoms with Gasteiger partial charge < -0.3 is 10.4 Å². The van der Waals surface area contributed by atoms with E-state index in [-0.39, 0.29) is 0 Å². The molecular weight excluding hydrogens is 150 g/mol. The Bertz CT molecular complexity index is 128. The highest BCUT2D eigenvalue weighted by Crippen LogP contribution is 2.25. The first kappa shape index (κ1) is 10.0. The fourth-order valence-corrected chi connectivity index (χ4v) is 2.15. The van der Waals surface area contributed by atoms with E-state index in [0.29, 0.717) is 5.92 Å². The fraction of sp³-hybridized carbons (Fsp3) is 1.00. The minimum absolute atomic E-state index is 0.425. The van der Waals surface area contributed by atoms with Crippen LogP contribution >= 0.6 is 0 Å². The summed E-state index contributed by atoms with van der Waals surface area (Å²) in [5.41, 5.74) is -0.425. The lowest BCUT2D eigenvalue weighted by Gasteiger charge is -2.25. The van der Waals surface area contributed by atoms with Crippen molar-refractivity contribution in [3.8, 4) is 0 Å². The average molecular weight is 171 g/mol. The van der Waals surface area contributed by atoms with Crippen LogP contribution in [0.1, 0.15) is 39.5 Å². The van der Waals surface area contributed by atoms with E-state index in [1.165, 1.54) is 6.42 Å². The molecule has 12 heavy (non-hydrogen) atoms. The number of rotatable bonds is 4. The van der Waals surface area contributed by atoms with Crippen LogP contribution in [0.5, 0.6) is 0 Å². The molecule has 0 amide bonds. The molecule has 0 aromatic carbocycles. The van der Waals surface area contributed by atoms with Gasteiger partial charge in [-0.2, -0.15) is 0 Å². The van der Waals surface area contributed by atoms with Gasteiger partial charge in [0, 0.05) is 0 Å². The van der Waals surface area contributed by atoms with Crippen molar-refractivity contribution in [2.75, 3.05) is 13.1 Å². The van der Waals surface area contributed by atoms with Crippen molar-refractivity contribution in [1.82, 2.24) is 5.32 Å². The van der Waals surface area contributed by atoms with Crippen LogP contribution in [0.3, 0.4) is 0 Å². The summed E-state index contributed by atoms with van der Waals surface area (Å²) in [6, 6.07) is 0. The Hall–Kier alpha value is -0.0800. The zero-order chi connectivity index (χ0) is 9.03. The molecule has 0 saturated carbocycles. The van der Waals surface area contributed by atoms with E-state index in [1.807, 2.05) is 6.92 Å². The molecule has 1 aliphatic rings. The Morgan fingerprint density at radius 2 is 2.33 bits per heavy atom. The molecule has 0 spiro atoms. The van der Waals surface area contributed by atoms with Crippen LogP contribution < -0.4 is 5.32 Å². The van der Waals surface area contributed by atoms with Crippen molar-refractivity contribution >= 4 is 0 Å². The van der Waals surface area contributed by atoms with Crippen LogP contribution in [-0.4, -0.2) is 23.8 Å². The van der Waals surface area contributed by atoms with Gasteiger partial charge in [-0.25, -0.2) is 0 Å². The van der Waals surface area contributed by atoms with Crippen LogP contribution in [-0.2, 0) is 0 Å². The molecule has 1 aliphatic heterocycles. The third kappa shape index (κ3) is 3.11. The van der Waals surface area contributed by atoms with Gasteiger partial charge in [-0.15, -0.1) is 0 Å². The molecule has 1 heterocycles. The lowest BCUT2D eigenvalue weighted by molar-refractivity contribution is 0.0271. The summed E-state index contributed by atoms with van der Waals surface area (Å²) in [7, 11) is 0. The first-order chi connectivity index (χ1) is 5.64. The van der Waals surface area contributed by atoms with Crippen molar-refractivity contribution in [3.63, 3.8) is 0 Å². The molecule has 1 saturated heterocycles. The monoisotopic (exact) mass is 171 g/mol. The smallest absolute Gasteiger partial charge is 0.0622 e. The predicted molar refractivity (Wildman–Crippen MR) is 51.1 cm³/mol. The first-order valence-electron chi connectivity index (χ1n) is 5.07. The second-order valence-electron chi connectivity index (χ2n) is 4.31. The van der Waals surface area contributed by atoms with Crippen LogP contribution in [0.2, 0.25) is 0 Å². The predicted octanol–water partition coefficient (Wildman–Crippen LogP) is 1.54. The Morgan fingerprint density at radius 3 is 2.83 bits per heavy atom. The van der Waals surface area contributed by atoms with E-state index in [0.717, 1.165) is 32.4 Å². The Kier molecular flexibility index (Phi) is 3.53. The summed E-state index contributed by atoms with van der Waals surface area (Å²) in [6.07, 6.45) is 4.21. The number of aliphatic hydroxyl groups is 1. The summed E-state index contributed by atoms with van der Waals surface area (Å²) in [5.74, 6) is 0.701. The third-order valence-electron chi connectivity index (χ3n) is 2.68. The normalized spacial score (nSPS) is 28.8. The van der Waals surface area contributed by atoms with Gasteiger partial charge in [0.2, 0.25) is 0 Å². The number of hydrogen-bond acceptors (Lipinski definition) is 2. The Labute approximate surface area is 75.4 Å². The average Bonchev–Trinajstić information content (AvgIpc) is 2.38. The molecule has 0 aromatic heterocycles. The molecule has 0 bridgehead atoms. The van der Waals surface area contributed by atoms with Gasteiger partial charge in [-0.3, -0.25) is 0 Å². The highest BCUT2D eigenvalue weighted by molar-refractivity contribution is 4.80. The number of nitrogens with one attached hydrogen (secondary N) is 1. The number of hydrogen-bond donors (Lipinski definition) is 2. The van der Waals surface area contributed by atoms with Crippen molar-refractivity contribution in [2.45, 2.75) is 45.1 Å². The zero-order valence-electron chi connectivity index (χ0n) is 8.27. The topological polar surface area (TPSA) is 32.3 Å². The van der Waals surface area contributed by atoms with Gasteiger partial charge in [-0.05, 0) is 45.2 Å².